The van der Waals surface area contributed by atoms with Crippen molar-refractivity contribution < 1.29 is 19.1 Å². The van der Waals surface area contributed by atoms with Gasteiger partial charge in [-0.25, -0.2) is 0 Å². The third kappa shape index (κ3) is 5.06. The van der Waals surface area contributed by atoms with E-state index in [1.165, 1.54) is 0 Å². The van der Waals surface area contributed by atoms with E-state index in [9.17, 15) is 4.79 Å². The van der Waals surface area contributed by atoms with Crippen LogP contribution in [0.5, 0.6) is 11.5 Å². The number of benzene rings is 1. The number of oxime groups is 1. The number of rotatable bonds is 3. The van der Waals surface area contributed by atoms with E-state index >= 15 is 0 Å². The average molecular weight is 395 g/mol. The minimum Gasteiger partial charge on any atom is -0.489 e. The summed E-state index contributed by atoms with van der Waals surface area (Å²) < 4.78 is 11.3. The molecule has 2 aliphatic heterocycles. The van der Waals surface area contributed by atoms with Crippen LogP contribution in [-0.2, 0) is 16.2 Å². The lowest BCUT2D eigenvalue weighted by Crippen LogP contribution is -2.44. The van der Waals surface area contributed by atoms with E-state index in [0.29, 0.717) is 49.4 Å². The molecule has 6 nitrogen and oxygen atoms in total. The van der Waals surface area contributed by atoms with Crippen LogP contribution in [0.15, 0.2) is 17.3 Å². The Bertz CT molecular complexity index is 717. The van der Waals surface area contributed by atoms with Crippen molar-refractivity contribution in [2.75, 3.05) is 26.3 Å². The Morgan fingerprint density at radius 1 is 1.22 bits per heavy atom. The molecule has 0 N–H and O–H groups in total. The topological polar surface area (TPSA) is 60.4 Å². The first-order valence-corrected chi connectivity index (χ1v) is 9.77. The molecule has 2 aliphatic rings. The van der Waals surface area contributed by atoms with Crippen molar-refractivity contribution in [1.82, 2.24) is 4.90 Å². The van der Waals surface area contributed by atoms with Gasteiger partial charge in [-0.3, -0.25) is 4.79 Å². The molecule has 1 saturated heterocycles. The van der Waals surface area contributed by atoms with Crippen molar-refractivity contribution >= 4 is 23.2 Å². The van der Waals surface area contributed by atoms with E-state index in [4.69, 9.17) is 25.9 Å². The van der Waals surface area contributed by atoms with Crippen molar-refractivity contribution in [1.29, 1.82) is 0 Å². The Morgan fingerprint density at radius 2 is 1.93 bits per heavy atom. The number of carbonyl (C=O) groups is 1. The van der Waals surface area contributed by atoms with Crippen molar-refractivity contribution in [2.45, 2.75) is 46.6 Å². The van der Waals surface area contributed by atoms with E-state index in [2.05, 4.69) is 5.16 Å². The summed E-state index contributed by atoms with van der Waals surface area (Å²) in [6.45, 7) is 8.74. The number of likely N-dealkylation sites (tertiary alicyclic amines) is 1. The first-order valence-electron chi connectivity index (χ1n) is 9.39. The lowest BCUT2D eigenvalue weighted by molar-refractivity contribution is -0.139. The molecule has 0 spiro atoms. The predicted octanol–water partition coefficient (Wildman–Crippen LogP) is 4.04. The van der Waals surface area contributed by atoms with Gasteiger partial charge in [-0.05, 0) is 17.7 Å². The number of ether oxygens (including phenoxy) is 2. The highest BCUT2D eigenvalue weighted by atomic mass is 35.5. The van der Waals surface area contributed by atoms with Crippen LogP contribution in [0.4, 0.5) is 0 Å². The Hall–Kier alpha value is -1.95. The number of fused-ring (bicyclic) bond motifs is 1. The lowest BCUT2D eigenvalue weighted by Gasteiger charge is -2.32. The van der Waals surface area contributed by atoms with Crippen LogP contribution in [0, 0.1) is 5.41 Å². The quantitative estimate of drug-likeness (QED) is 0.726. The molecule has 0 unspecified atom stereocenters. The summed E-state index contributed by atoms with van der Waals surface area (Å²) >= 11 is 6.30. The van der Waals surface area contributed by atoms with Gasteiger partial charge in [0, 0.05) is 37.8 Å². The van der Waals surface area contributed by atoms with Crippen LogP contribution in [0.1, 0.15) is 45.6 Å². The van der Waals surface area contributed by atoms with Gasteiger partial charge in [-0.1, -0.05) is 37.5 Å². The van der Waals surface area contributed by atoms with Crippen LogP contribution in [0.3, 0.4) is 0 Å². The van der Waals surface area contributed by atoms with Gasteiger partial charge in [-0.2, -0.15) is 0 Å². The van der Waals surface area contributed by atoms with Gasteiger partial charge in [0.25, 0.3) is 0 Å². The van der Waals surface area contributed by atoms with E-state index in [1.54, 1.807) is 0 Å². The minimum absolute atomic E-state index is 0.185. The molecule has 0 atom stereocenters. The maximum atomic E-state index is 12.3. The summed E-state index contributed by atoms with van der Waals surface area (Å²) in [5.74, 6) is 1.43. The normalized spacial score (nSPS) is 17.3. The molecule has 1 amide bonds. The summed E-state index contributed by atoms with van der Waals surface area (Å²) in [7, 11) is 0. The van der Waals surface area contributed by atoms with Crippen molar-refractivity contribution in [3.05, 3.63) is 22.7 Å². The van der Waals surface area contributed by atoms with Crippen LogP contribution >= 0.6 is 11.6 Å². The molecule has 2 heterocycles. The number of carbonyl (C=O) groups excluding carboxylic acids is 1. The smallest absolute Gasteiger partial charge is 0.227 e. The van der Waals surface area contributed by atoms with E-state index in [-0.39, 0.29) is 11.3 Å². The number of nitrogens with zero attached hydrogens (tertiary/aromatic N) is 2. The first-order chi connectivity index (χ1) is 12.8. The standard InChI is InChI=1S/C20H27ClN2O4/c1-20(2,3)19(24)23-7-5-15(6-8-23)22-27-13-14-11-16(21)18-17(12-14)25-9-4-10-26-18/h11-12H,4-10,13H2,1-3H3. The molecular formula is C20H27ClN2O4. The fraction of sp³-hybridized carbons (Fsp3) is 0.600. The Balaban J connectivity index is 1.54. The Labute approximate surface area is 165 Å². The number of amides is 1. The van der Waals surface area contributed by atoms with Gasteiger partial charge in [0.2, 0.25) is 5.91 Å². The molecule has 148 valence electrons. The largest absolute Gasteiger partial charge is 0.489 e. The van der Waals surface area contributed by atoms with Gasteiger partial charge in [0.1, 0.15) is 6.61 Å². The summed E-state index contributed by atoms with van der Waals surface area (Å²) in [5.41, 5.74) is 1.52. The molecule has 7 heteroatoms. The molecule has 0 bridgehead atoms. The molecule has 0 aliphatic carbocycles. The van der Waals surface area contributed by atoms with Gasteiger partial charge in [0.15, 0.2) is 11.5 Å². The maximum Gasteiger partial charge on any atom is 0.227 e. The summed E-state index contributed by atoms with van der Waals surface area (Å²) in [4.78, 5) is 19.8. The van der Waals surface area contributed by atoms with Gasteiger partial charge in [0.05, 0.1) is 23.9 Å². The molecule has 1 aromatic rings. The number of hydrogen-bond acceptors (Lipinski definition) is 5. The van der Waals surface area contributed by atoms with Crippen molar-refractivity contribution in [3.63, 3.8) is 0 Å². The summed E-state index contributed by atoms with van der Waals surface area (Å²) in [6, 6.07) is 3.71. The highest BCUT2D eigenvalue weighted by Gasteiger charge is 2.29. The molecule has 3 rings (SSSR count). The summed E-state index contributed by atoms with van der Waals surface area (Å²) in [6.07, 6.45) is 2.31. The molecule has 1 aromatic carbocycles. The van der Waals surface area contributed by atoms with Crippen molar-refractivity contribution in [2.24, 2.45) is 10.6 Å². The number of piperidine rings is 1. The lowest BCUT2D eigenvalue weighted by atomic mass is 9.93. The molecule has 0 aromatic heterocycles. The zero-order valence-corrected chi connectivity index (χ0v) is 17.0. The van der Waals surface area contributed by atoms with E-state index < -0.39 is 0 Å². The second kappa shape index (κ2) is 8.38. The van der Waals surface area contributed by atoms with E-state index in [1.807, 2.05) is 37.8 Å². The van der Waals surface area contributed by atoms with Gasteiger partial charge < -0.3 is 19.2 Å². The molecule has 0 saturated carbocycles. The fourth-order valence-corrected chi connectivity index (χ4v) is 3.39. The third-order valence-corrected chi connectivity index (χ3v) is 4.84. The zero-order valence-electron chi connectivity index (χ0n) is 16.2. The highest BCUT2D eigenvalue weighted by Crippen LogP contribution is 2.38. The zero-order chi connectivity index (χ0) is 19.4. The SMILES string of the molecule is CC(C)(C)C(=O)N1CCC(=NOCc2cc(Cl)c3c(c2)OCCCO3)CC1. The number of hydrogen-bond donors (Lipinski definition) is 0. The maximum absolute atomic E-state index is 12.3. The van der Waals surface area contributed by atoms with Crippen LogP contribution in [0.2, 0.25) is 5.02 Å². The Kier molecular flexibility index (Phi) is 6.15. The molecule has 0 radical (unpaired) electrons. The Morgan fingerprint density at radius 3 is 2.63 bits per heavy atom. The molecular weight excluding hydrogens is 368 g/mol. The second-order valence-electron chi connectivity index (χ2n) is 7.93. The summed E-state index contributed by atoms with van der Waals surface area (Å²) in [5, 5.41) is 4.78. The number of halogens is 1. The molecule has 27 heavy (non-hydrogen) atoms. The predicted molar refractivity (Wildman–Crippen MR) is 105 cm³/mol. The second-order valence-corrected chi connectivity index (χ2v) is 8.34. The first kappa shape index (κ1) is 19.8. The van der Waals surface area contributed by atoms with Crippen LogP contribution < -0.4 is 9.47 Å². The average Bonchev–Trinajstić information content (AvgIpc) is 2.87. The van der Waals surface area contributed by atoms with E-state index in [0.717, 1.165) is 30.5 Å². The van der Waals surface area contributed by atoms with Gasteiger partial charge >= 0.3 is 0 Å². The monoisotopic (exact) mass is 394 g/mol. The fourth-order valence-electron chi connectivity index (χ4n) is 3.10. The van der Waals surface area contributed by atoms with Crippen LogP contribution in [-0.4, -0.2) is 42.8 Å². The van der Waals surface area contributed by atoms with Crippen molar-refractivity contribution in [3.8, 4) is 11.5 Å². The molecule has 1 fully saturated rings. The van der Waals surface area contributed by atoms with Gasteiger partial charge in [-0.15, -0.1) is 0 Å². The third-order valence-electron chi connectivity index (χ3n) is 4.56. The van der Waals surface area contributed by atoms with Crippen LogP contribution in [0.25, 0.3) is 0 Å². The highest BCUT2D eigenvalue weighted by molar-refractivity contribution is 6.32. The minimum atomic E-state index is -0.346.